The molecule has 2 bridgehead atoms. The van der Waals surface area contributed by atoms with Crippen LogP contribution in [-0.2, 0) is 9.57 Å². The molecule has 0 aromatic heterocycles. The second-order valence-corrected chi connectivity index (χ2v) is 4.23. The van der Waals surface area contributed by atoms with E-state index in [0.717, 1.165) is 18.5 Å². The maximum atomic E-state index is 5.93. The number of nitrogens with zero attached hydrogens (tertiary/aromatic N) is 1. The molecule has 1 saturated heterocycles. The van der Waals surface area contributed by atoms with Crippen molar-refractivity contribution in [1.82, 2.24) is 0 Å². The molecular formula is C13H15NO2. The number of para-hydroxylation sites is 1. The Hall–Kier alpha value is -1.32. The summed E-state index contributed by atoms with van der Waals surface area (Å²) in [5.74, 6) is -0.551. The molecule has 3 nitrogen and oxygen atoms in total. The molecule has 2 unspecified atom stereocenters. The van der Waals surface area contributed by atoms with Crippen LogP contribution >= 0.6 is 0 Å². The standard InChI is InChI=1S/C13H15NO2/c1-15-13-9-7-12(8-10-13)14(16-13)11-5-3-2-4-6-11/h2-7,9,12H,8,10H2,1H3. The Balaban J connectivity index is 1.93. The lowest BCUT2D eigenvalue weighted by molar-refractivity contribution is -0.228. The summed E-state index contributed by atoms with van der Waals surface area (Å²) in [6.07, 6.45) is 6.19. The Labute approximate surface area is 95.2 Å². The lowest BCUT2D eigenvalue weighted by atomic mass is 9.95. The zero-order chi connectivity index (χ0) is 11.0. The van der Waals surface area contributed by atoms with E-state index in [1.54, 1.807) is 7.11 Å². The molecular weight excluding hydrogens is 202 g/mol. The van der Waals surface area contributed by atoms with Crippen LogP contribution in [0.1, 0.15) is 12.8 Å². The monoisotopic (exact) mass is 217 g/mol. The molecule has 2 aliphatic heterocycles. The van der Waals surface area contributed by atoms with Crippen LogP contribution in [0.15, 0.2) is 42.5 Å². The number of hydrogen-bond acceptors (Lipinski definition) is 3. The normalized spacial score (nSPS) is 32.1. The Morgan fingerprint density at radius 1 is 1.38 bits per heavy atom. The first-order chi connectivity index (χ1) is 7.83. The van der Waals surface area contributed by atoms with E-state index in [2.05, 4.69) is 18.2 Å². The van der Waals surface area contributed by atoms with Crippen molar-refractivity contribution in [3.8, 4) is 0 Å². The number of hydrogen-bond donors (Lipinski definition) is 0. The van der Waals surface area contributed by atoms with Gasteiger partial charge in [-0.05, 0) is 24.6 Å². The van der Waals surface area contributed by atoms with Crippen LogP contribution in [-0.4, -0.2) is 18.9 Å². The smallest absolute Gasteiger partial charge is 0.213 e. The molecule has 0 amide bonds. The van der Waals surface area contributed by atoms with Crippen LogP contribution in [0.2, 0.25) is 0 Å². The van der Waals surface area contributed by atoms with Crippen LogP contribution in [0.3, 0.4) is 0 Å². The third-order valence-electron chi connectivity index (χ3n) is 3.27. The number of methoxy groups -OCH3 is 1. The topological polar surface area (TPSA) is 21.7 Å². The van der Waals surface area contributed by atoms with Gasteiger partial charge in [0, 0.05) is 13.5 Å². The summed E-state index contributed by atoms with van der Waals surface area (Å²) < 4.78 is 5.47. The summed E-state index contributed by atoms with van der Waals surface area (Å²) in [7, 11) is 1.69. The average molecular weight is 217 g/mol. The molecule has 2 heterocycles. The summed E-state index contributed by atoms with van der Waals surface area (Å²) in [5.41, 5.74) is 1.08. The highest BCUT2D eigenvalue weighted by Crippen LogP contribution is 2.38. The largest absolute Gasteiger partial charge is 0.348 e. The van der Waals surface area contributed by atoms with Crippen LogP contribution in [0.5, 0.6) is 0 Å². The number of anilines is 1. The summed E-state index contributed by atoms with van der Waals surface area (Å²) in [6.45, 7) is 0. The highest BCUT2D eigenvalue weighted by molar-refractivity contribution is 5.47. The molecule has 3 heteroatoms. The lowest BCUT2D eigenvalue weighted by Crippen LogP contribution is -2.54. The van der Waals surface area contributed by atoms with E-state index in [1.165, 1.54) is 0 Å². The third-order valence-corrected chi connectivity index (χ3v) is 3.27. The molecule has 4 rings (SSSR count). The van der Waals surface area contributed by atoms with Gasteiger partial charge in [0.25, 0.3) is 0 Å². The van der Waals surface area contributed by atoms with Crippen molar-refractivity contribution in [2.75, 3.05) is 12.2 Å². The number of rotatable bonds is 2. The van der Waals surface area contributed by atoms with Crippen molar-refractivity contribution in [3.05, 3.63) is 42.5 Å². The van der Waals surface area contributed by atoms with Gasteiger partial charge in [-0.1, -0.05) is 24.3 Å². The Bertz CT molecular complexity index is 404. The van der Waals surface area contributed by atoms with E-state index in [0.29, 0.717) is 6.04 Å². The highest BCUT2D eigenvalue weighted by Gasteiger charge is 2.43. The average Bonchev–Trinajstić information content (AvgIpc) is 2.41. The molecule has 2 atom stereocenters. The van der Waals surface area contributed by atoms with Crippen LogP contribution in [0, 0.1) is 0 Å². The first kappa shape index (κ1) is 9.87. The van der Waals surface area contributed by atoms with E-state index in [9.17, 15) is 0 Å². The quantitative estimate of drug-likeness (QED) is 0.710. The third kappa shape index (κ3) is 1.44. The van der Waals surface area contributed by atoms with Gasteiger partial charge in [0.2, 0.25) is 5.79 Å². The zero-order valence-electron chi connectivity index (χ0n) is 9.30. The van der Waals surface area contributed by atoms with Crippen LogP contribution < -0.4 is 5.06 Å². The van der Waals surface area contributed by atoms with Gasteiger partial charge < -0.3 is 4.74 Å². The highest BCUT2D eigenvalue weighted by atomic mass is 16.8. The zero-order valence-corrected chi connectivity index (χ0v) is 9.30. The molecule has 84 valence electrons. The fourth-order valence-electron chi connectivity index (χ4n) is 2.32. The maximum absolute atomic E-state index is 5.93. The molecule has 3 aliphatic rings. The van der Waals surface area contributed by atoms with Gasteiger partial charge in [-0.15, -0.1) is 0 Å². The number of hydroxylamine groups is 1. The number of fused-ring (bicyclic) bond motifs is 2. The van der Waals surface area contributed by atoms with Crippen molar-refractivity contribution >= 4 is 5.69 Å². The van der Waals surface area contributed by atoms with Crippen LogP contribution in [0.25, 0.3) is 0 Å². The molecule has 0 spiro atoms. The van der Waals surface area contributed by atoms with Gasteiger partial charge in [0.1, 0.15) is 0 Å². The molecule has 16 heavy (non-hydrogen) atoms. The van der Waals surface area contributed by atoms with Gasteiger partial charge in [0.05, 0.1) is 11.7 Å². The van der Waals surface area contributed by atoms with Gasteiger partial charge >= 0.3 is 0 Å². The molecule has 1 aromatic rings. The van der Waals surface area contributed by atoms with Crippen molar-refractivity contribution in [2.24, 2.45) is 0 Å². The minimum atomic E-state index is -0.551. The second kappa shape index (κ2) is 3.61. The van der Waals surface area contributed by atoms with E-state index in [-0.39, 0.29) is 0 Å². The first-order valence-corrected chi connectivity index (χ1v) is 5.61. The molecule has 1 aliphatic carbocycles. The Kier molecular flexibility index (Phi) is 2.23. The van der Waals surface area contributed by atoms with Crippen molar-refractivity contribution in [3.63, 3.8) is 0 Å². The minimum absolute atomic E-state index is 0.333. The predicted octanol–water partition coefficient (Wildman–Crippen LogP) is 2.50. The molecule has 1 aromatic carbocycles. The van der Waals surface area contributed by atoms with Gasteiger partial charge in [-0.3, -0.25) is 0 Å². The minimum Gasteiger partial charge on any atom is -0.348 e. The second-order valence-electron chi connectivity index (χ2n) is 4.23. The summed E-state index contributed by atoms with van der Waals surface area (Å²) >= 11 is 0. The van der Waals surface area contributed by atoms with Gasteiger partial charge in [-0.2, -0.15) is 0 Å². The summed E-state index contributed by atoms with van der Waals surface area (Å²) in [5, 5.41) is 1.95. The van der Waals surface area contributed by atoms with E-state index in [4.69, 9.17) is 9.57 Å². The van der Waals surface area contributed by atoms with E-state index in [1.807, 2.05) is 29.3 Å². The van der Waals surface area contributed by atoms with Crippen molar-refractivity contribution in [2.45, 2.75) is 24.7 Å². The number of ether oxygens (including phenoxy) is 1. The maximum Gasteiger partial charge on any atom is 0.213 e. The van der Waals surface area contributed by atoms with Crippen molar-refractivity contribution < 1.29 is 9.57 Å². The van der Waals surface area contributed by atoms with Gasteiger partial charge in [-0.25, -0.2) is 9.90 Å². The molecule has 1 fully saturated rings. The fraction of sp³-hybridized carbons (Fsp3) is 0.385. The first-order valence-electron chi connectivity index (χ1n) is 5.61. The summed E-state index contributed by atoms with van der Waals surface area (Å²) in [6, 6.07) is 10.5. The van der Waals surface area contributed by atoms with Crippen molar-refractivity contribution in [1.29, 1.82) is 0 Å². The Morgan fingerprint density at radius 2 is 2.19 bits per heavy atom. The molecule has 0 radical (unpaired) electrons. The Morgan fingerprint density at radius 3 is 2.81 bits per heavy atom. The van der Waals surface area contributed by atoms with Gasteiger partial charge in [0.15, 0.2) is 0 Å². The summed E-state index contributed by atoms with van der Waals surface area (Å²) in [4.78, 5) is 5.93. The lowest BCUT2D eigenvalue weighted by Gasteiger charge is -2.47. The van der Waals surface area contributed by atoms with Crippen LogP contribution in [0.4, 0.5) is 5.69 Å². The van der Waals surface area contributed by atoms with E-state index >= 15 is 0 Å². The molecule has 0 N–H and O–H groups in total. The van der Waals surface area contributed by atoms with E-state index < -0.39 is 5.79 Å². The molecule has 0 saturated carbocycles. The predicted molar refractivity (Wildman–Crippen MR) is 61.9 cm³/mol. The number of benzene rings is 1. The SMILES string of the molecule is COC12C=CC(CC1)N(c1ccccc1)O2. The fourth-order valence-corrected chi connectivity index (χ4v) is 2.32.